The Morgan fingerprint density at radius 3 is 2.32 bits per heavy atom. The monoisotopic (exact) mass is 259 g/mol. The number of anilines is 1. The van der Waals surface area contributed by atoms with E-state index in [4.69, 9.17) is 5.73 Å². The smallest absolute Gasteiger partial charge is 0.253 e. The van der Waals surface area contributed by atoms with Crippen LogP contribution >= 0.6 is 0 Å². The fourth-order valence-corrected chi connectivity index (χ4v) is 2.61. The van der Waals surface area contributed by atoms with Gasteiger partial charge in [0.25, 0.3) is 5.91 Å². The highest BCUT2D eigenvalue weighted by Crippen LogP contribution is 2.29. The van der Waals surface area contributed by atoms with Gasteiger partial charge < -0.3 is 10.6 Å². The van der Waals surface area contributed by atoms with Gasteiger partial charge in [-0.1, -0.05) is 0 Å². The van der Waals surface area contributed by atoms with Gasteiger partial charge in [0.1, 0.15) is 0 Å². The molecule has 3 rings (SSSR count). The number of carbonyl (C=O) groups is 1. The summed E-state index contributed by atoms with van der Waals surface area (Å²) in [6.45, 7) is 4.93. The summed E-state index contributed by atoms with van der Waals surface area (Å²) >= 11 is 0. The molecule has 102 valence electrons. The van der Waals surface area contributed by atoms with Crippen LogP contribution in [0.5, 0.6) is 0 Å². The van der Waals surface area contributed by atoms with E-state index in [9.17, 15) is 4.79 Å². The van der Waals surface area contributed by atoms with Gasteiger partial charge in [-0.05, 0) is 43.0 Å². The molecule has 0 bridgehead atoms. The fourth-order valence-electron chi connectivity index (χ4n) is 2.61. The molecule has 1 amide bonds. The van der Waals surface area contributed by atoms with Crippen molar-refractivity contribution in [3.63, 3.8) is 0 Å². The number of nitrogen functional groups attached to an aromatic ring is 1. The summed E-state index contributed by atoms with van der Waals surface area (Å²) in [6.07, 6.45) is 2.79. The second-order valence-electron chi connectivity index (χ2n) is 5.66. The third-order valence-corrected chi connectivity index (χ3v) is 4.03. The van der Waals surface area contributed by atoms with E-state index in [2.05, 4.69) is 4.90 Å². The maximum atomic E-state index is 12.3. The summed E-state index contributed by atoms with van der Waals surface area (Å²) in [4.78, 5) is 16.8. The molecule has 1 aliphatic heterocycles. The van der Waals surface area contributed by atoms with E-state index in [0.717, 1.165) is 37.7 Å². The first-order chi connectivity index (χ1) is 9.22. The zero-order chi connectivity index (χ0) is 13.2. The molecule has 1 saturated heterocycles. The predicted molar refractivity (Wildman–Crippen MR) is 75.9 cm³/mol. The third-order valence-electron chi connectivity index (χ3n) is 4.03. The molecule has 2 N–H and O–H groups in total. The van der Waals surface area contributed by atoms with E-state index in [1.807, 2.05) is 17.0 Å². The van der Waals surface area contributed by atoms with Crippen molar-refractivity contribution >= 4 is 11.6 Å². The Balaban J connectivity index is 1.55. The molecule has 4 heteroatoms. The fraction of sp³-hybridized carbons (Fsp3) is 0.533. The van der Waals surface area contributed by atoms with Gasteiger partial charge in [0.15, 0.2) is 0 Å². The van der Waals surface area contributed by atoms with Crippen LogP contribution in [-0.2, 0) is 0 Å². The molecule has 1 aromatic carbocycles. The van der Waals surface area contributed by atoms with Gasteiger partial charge in [-0.25, -0.2) is 0 Å². The van der Waals surface area contributed by atoms with E-state index in [0.29, 0.717) is 5.69 Å². The second kappa shape index (κ2) is 5.21. The predicted octanol–water partition coefficient (Wildman–Crippen LogP) is 1.44. The lowest BCUT2D eigenvalue weighted by atomic mass is 10.1. The Morgan fingerprint density at radius 2 is 1.74 bits per heavy atom. The Morgan fingerprint density at radius 1 is 1.11 bits per heavy atom. The van der Waals surface area contributed by atoms with E-state index >= 15 is 0 Å². The summed E-state index contributed by atoms with van der Waals surface area (Å²) < 4.78 is 0. The summed E-state index contributed by atoms with van der Waals surface area (Å²) in [5, 5.41) is 0. The Kier molecular flexibility index (Phi) is 3.42. The van der Waals surface area contributed by atoms with Crippen LogP contribution in [0.4, 0.5) is 5.69 Å². The zero-order valence-corrected chi connectivity index (χ0v) is 11.2. The molecule has 0 unspecified atom stereocenters. The summed E-state index contributed by atoms with van der Waals surface area (Å²) in [7, 11) is 0. The largest absolute Gasteiger partial charge is 0.399 e. The minimum Gasteiger partial charge on any atom is -0.399 e. The number of nitrogens with two attached hydrogens (primary N) is 1. The van der Waals surface area contributed by atoms with Crippen LogP contribution in [-0.4, -0.2) is 48.4 Å². The number of rotatable bonds is 3. The minimum absolute atomic E-state index is 0.131. The summed E-state index contributed by atoms with van der Waals surface area (Å²) in [5.41, 5.74) is 7.08. The Bertz CT molecular complexity index is 445. The molecule has 1 aliphatic carbocycles. The molecule has 0 atom stereocenters. The summed E-state index contributed by atoms with van der Waals surface area (Å²) in [6, 6.07) is 7.20. The van der Waals surface area contributed by atoms with Crippen LogP contribution in [0.2, 0.25) is 0 Å². The minimum atomic E-state index is 0.131. The molecule has 19 heavy (non-hydrogen) atoms. The third kappa shape index (κ3) is 3.07. The molecule has 0 radical (unpaired) electrons. The number of hydrogen-bond donors (Lipinski definition) is 1. The number of nitrogens with zero attached hydrogens (tertiary/aromatic N) is 2. The van der Waals surface area contributed by atoms with Gasteiger partial charge in [0, 0.05) is 44.0 Å². The van der Waals surface area contributed by atoms with Crippen molar-refractivity contribution in [3.8, 4) is 0 Å². The second-order valence-corrected chi connectivity index (χ2v) is 5.66. The molecule has 1 heterocycles. The lowest BCUT2D eigenvalue weighted by molar-refractivity contribution is 0.0632. The average Bonchev–Trinajstić information content (AvgIpc) is 3.24. The van der Waals surface area contributed by atoms with Crippen LogP contribution in [0.25, 0.3) is 0 Å². The first-order valence-corrected chi connectivity index (χ1v) is 7.09. The number of carbonyl (C=O) groups excluding carboxylic acids is 1. The van der Waals surface area contributed by atoms with Gasteiger partial charge in [0.2, 0.25) is 0 Å². The topological polar surface area (TPSA) is 49.6 Å². The van der Waals surface area contributed by atoms with Gasteiger partial charge in [-0.2, -0.15) is 0 Å². The van der Waals surface area contributed by atoms with Crippen LogP contribution < -0.4 is 5.73 Å². The molecule has 1 aromatic rings. The van der Waals surface area contributed by atoms with E-state index in [1.165, 1.54) is 19.4 Å². The molecular weight excluding hydrogens is 238 g/mol. The number of hydrogen-bond acceptors (Lipinski definition) is 3. The van der Waals surface area contributed by atoms with Crippen LogP contribution in [0.15, 0.2) is 24.3 Å². The molecule has 0 spiro atoms. The van der Waals surface area contributed by atoms with Gasteiger partial charge in [0.05, 0.1) is 0 Å². The Labute approximate surface area is 114 Å². The van der Waals surface area contributed by atoms with E-state index in [-0.39, 0.29) is 5.91 Å². The van der Waals surface area contributed by atoms with Crippen LogP contribution in [0.3, 0.4) is 0 Å². The van der Waals surface area contributed by atoms with E-state index < -0.39 is 0 Å². The highest BCUT2D eigenvalue weighted by atomic mass is 16.2. The Hall–Kier alpha value is -1.55. The lowest BCUT2D eigenvalue weighted by Gasteiger charge is -2.34. The molecule has 2 fully saturated rings. The van der Waals surface area contributed by atoms with Crippen molar-refractivity contribution in [3.05, 3.63) is 29.8 Å². The van der Waals surface area contributed by atoms with Crippen molar-refractivity contribution in [1.29, 1.82) is 0 Å². The SMILES string of the molecule is Nc1ccc(C(=O)N2CCN(CC3CC3)CC2)cc1. The van der Waals surface area contributed by atoms with Gasteiger partial charge >= 0.3 is 0 Å². The normalized spacial score (nSPS) is 20.5. The molecule has 0 aromatic heterocycles. The average molecular weight is 259 g/mol. The first kappa shape index (κ1) is 12.5. The van der Waals surface area contributed by atoms with Gasteiger partial charge in [-0.3, -0.25) is 9.69 Å². The highest BCUT2D eigenvalue weighted by molar-refractivity contribution is 5.94. The van der Waals surface area contributed by atoms with Crippen molar-refractivity contribution < 1.29 is 4.79 Å². The number of amides is 1. The van der Waals surface area contributed by atoms with Crippen LogP contribution in [0, 0.1) is 5.92 Å². The maximum absolute atomic E-state index is 12.3. The molecule has 4 nitrogen and oxygen atoms in total. The zero-order valence-electron chi connectivity index (χ0n) is 11.2. The number of piperazine rings is 1. The van der Waals surface area contributed by atoms with Crippen molar-refractivity contribution in [2.75, 3.05) is 38.5 Å². The van der Waals surface area contributed by atoms with Gasteiger partial charge in [-0.15, -0.1) is 0 Å². The van der Waals surface area contributed by atoms with E-state index in [1.54, 1.807) is 12.1 Å². The van der Waals surface area contributed by atoms with Crippen molar-refractivity contribution in [2.24, 2.45) is 5.92 Å². The molecule has 2 aliphatic rings. The lowest BCUT2D eigenvalue weighted by Crippen LogP contribution is -2.49. The quantitative estimate of drug-likeness (QED) is 0.836. The van der Waals surface area contributed by atoms with Crippen LogP contribution in [0.1, 0.15) is 23.2 Å². The number of benzene rings is 1. The molecular formula is C15H21N3O. The molecule has 1 saturated carbocycles. The maximum Gasteiger partial charge on any atom is 0.253 e. The van der Waals surface area contributed by atoms with Crippen molar-refractivity contribution in [2.45, 2.75) is 12.8 Å². The standard InChI is InChI=1S/C15H21N3O/c16-14-5-3-13(4-6-14)15(19)18-9-7-17(8-10-18)11-12-1-2-12/h3-6,12H,1-2,7-11,16H2. The first-order valence-electron chi connectivity index (χ1n) is 7.09. The van der Waals surface area contributed by atoms with Crippen molar-refractivity contribution in [1.82, 2.24) is 9.80 Å². The summed E-state index contributed by atoms with van der Waals surface area (Å²) in [5.74, 6) is 1.06. The highest BCUT2D eigenvalue weighted by Gasteiger charge is 2.27.